The molecule has 1 aliphatic heterocycles. The number of carbonyl (C=O) groups excluding carboxylic acids is 2. The van der Waals surface area contributed by atoms with Crippen LogP contribution in [0.2, 0.25) is 0 Å². The molecule has 7 heteroatoms. The predicted molar refractivity (Wildman–Crippen MR) is 127 cm³/mol. The number of benzene rings is 1. The number of rotatable bonds is 4. The summed E-state index contributed by atoms with van der Waals surface area (Å²) >= 11 is 0. The fourth-order valence-corrected chi connectivity index (χ4v) is 4.11. The molecule has 4 rings (SSSR count). The second-order valence-electron chi connectivity index (χ2n) is 9.76. The van der Waals surface area contributed by atoms with Gasteiger partial charge in [0.25, 0.3) is 5.91 Å². The summed E-state index contributed by atoms with van der Waals surface area (Å²) in [4.78, 5) is 32.4. The van der Waals surface area contributed by atoms with Crippen molar-refractivity contribution in [1.82, 2.24) is 19.5 Å². The van der Waals surface area contributed by atoms with E-state index >= 15 is 0 Å². The Kier molecular flexibility index (Phi) is 6.23. The lowest BCUT2D eigenvalue weighted by Gasteiger charge is -2.31. The normalized spacial score (nSPS) is 15.1. The maximum absolute atomic E-state index is 13.6. The highest BCUT2D eigenvalue weighted by Crippen LogP contribution is 2.27. The van der Waals surface area contributed by atoms with Gasteiger partial charge in [0.05, 0.1) is 23.9 Å². The molecule has 33 heavy (non-hydrogen) atoms. The number of ether oxygens (including phenoxy) is 1. The Balaban J connectivity index is 1.70. The summed E-state index contributed by atoms with van der Waals surface area (Å²) in [6.45, 7) is 11.5. The second kappa shape index (κ2) is 8.96. The van der Waals surface area contributed by atoms with Gasteiger partial charge >= 0.3 is 5.97 Å². The van der Waals surface area contributed by atoms with Crippen LogP contribution in [-0.2, 0) is 14.9 Å². The van der Waals surface area contributed by atoms with Crippen LogP contribution in [0.1, 0.15) is 62.3 Å². The van der Waals surface area contributed by atoms with Gasteiger partial charge in [-0.05, 0) is 32.8 Å². The van der Waals surface area contributed by atoms with Crippen LogP contribution in [0.5, 0.6) is 0 Å². The molecule has 0 saturated carbocycles. The third kappa shape index (κ3) is 4.77. The Bertz CT molecular complexity index is 1170. The first-order chi connectivity index (χ1) is 15.7. The largest absolute Gasteiger partial charge is 0.466 e. The minimum absolute atomic E-state index is 0.0957. The molecule has 0 bridgehead atoms. The molecule has 7 nitrogen and oxygen atoms in total. The van der Waals surface area contributed by atoms with Crippen molar-refractivity contribution >= 4 is 17.5 Å². The minimum Gasteiger partial charge on any atom is -0.466 e. The predicted octanol–water partition coefficient (Wildman–Crippen LogP) is 4.42. The van der Waals surface area contributed by atoms with Crippen LogP contribution in [0.15, 0.2) is 36.4 Å². The molecule has 3 aromatic rings. The topological polar surface area (TPSA) is 76.8 Å². The van der Waals surface area contributed by atoms with Crippen LogP contribution >= 0.6 is 0 Å². The van der Waals surface area contributed by atoms with Gasteiger partial charge in [0.15, 0.2) is 5.65 Å². The number of amides is 1. The molecule has 0 unspecified atom stereocenters. The van der Waals surface area contributed by atoms with Crippen molar-refractivity contribution in [3.63, 3.8) is 0 Å². The van der Waals surface area contributed by atoms with E-state index in [9.17, 15) is 9.59 Å². The molecule has 1 saturated heterocycles. The van der Waals surface area contributed by atoms with Crippen LogP contribution in [0.3, 0.4) is 0 Å². The lowest BCUT2D eigenvalue weighted by Crippen LogP contribution is -2.41. The molecule has 1 aromatic carbocycles. The highest BCUT2D eigenvalue weighted by atomic mass is 16.5. The first-order valence-electron chi connectivity index (χ1n) is 11.6. The summed E-state index contributed by atoms with van der Waals surface area (Å²) in [5.74, 6) is -0.409. The molecule has 1 aliphatic rings. The summed E-state index contributed by atoms with van der Waals surface area (Å²) in [5, 5.41) is 4.75. The van der Waals surface area contributed by atoms with E-state index in [4.69, 9.17) is 14.8 Å². The molecule has 0 aliphatic carbocycles. The summed E-state index contributed by atoms with van der Waals surface area (Å²) in [6.07, 6.45) is 1.21. The summed E-state index contributed by atoms with van der Waals surface area (Å²) in [6, 6.07) is 11.9. The molecule has 0 radical (unpaired) electrons. The van der Waals surface area contributed by atoms with Crippen LogP contribution in [0, 0.1) is 12.8 Å². The first-order valence-corrected chi connectivity index (χ1v) is 11.6. The van der Waals surface area contributed by atoms with Crippen molar-refractivity contribution in [1.29, 1.82) is 0 Å². The van der Waals surface area contributed by atoms with Crippen molar-refractivity contribution in [2.75, 3.05) is 19.7 Å². The number of aromatic nitrogens is 3. The molecule has 174 valence electrons. The van der Waals surface area contributed by atoms with Crippen molar-refractivity contribution < 1.29 is 14.3 Å². The Morgan fingerprint density at radius 1 is 1.09 bits per heavy atom. The molecular formula is C26H32N4O3. The zero-order chi connectivity index (χ0) is 23.8. The molecule has 0 atom stereocenters. The Morgan fingerprint density at radius 2 is 1.76 bits per heavy atom. The van der Waals surface area contributed by atoms with Gasteiger partial charge in [0.1, 0.15) is 5.69 Å². The summed E-state index contributed by atoms with van der Waals surface area (Å²) < 4.78 is 6.83. The van der Waals surface area contributed by atoms with E-state index in [-0.39, 0.29) is 23.2 Å². The quantitative estimate of drug-likeness (QED) is 0.552. The van der Waals surface area contributed by atoms with Crippen molar-refractivity contribution in [3.8, 4) is 11.3 Å². The van der Waals surface area contributed by atoms with E-state index in [0.717, 1.165) is 17.0 Å². The van der Waals surface area contributed by atoms with Gasteiger partial charge in [0.2, 0.25) is 0 Å². The first kappa shape index (κ1) is 23.0. The molecule has 0 spiro atoms. The highest BCUT2D eigenvalue weighted by molar-refractivity contribution is 5.94. The second-order valence-corrected chi connectivity index (χ2v) is 9.76. The standard InChI is InChI=1S/C26H32N4O3/c1-6-33-25(32)19-11-13-29(14-12-19)24(31)21-15-20(18-9-7-17(2)8-10-18)27-23-16-22(26(3,4)5)28-30(21)23/h7-10,15-16,19H,6,11-14H2,1-5H3. The van der Waals surface area contributed by atoms with Gasteiger partial charge in [-0.3, -0.25) is 9.59 Å². The van der Waals surface area contributed by atoms with Crippen LogP contribution in [-0.4, -0.2) is 51.1 Å². The van der Waals surface area contributed by atoms with E-state index in [1.54, 1.807) is 4.52 Å². The number of aryl methyl sites for hydroxylation is 1. The van der Waals surface area contributed by atoms with Gasteiger partial charge in [-0.25, -0.2) is 9.50 Å². The molecule has 0 N–H and O–H groups in total. The Hall–Kier alpha value is -3.22. The number of fused-ring (bicyclic) bond motifs is 1. The number of esters is 1. The number of likely N-dealkylation sites (tertiary alicyclic amines) is 1. The van der Waals surface area contributed by atoms with E-state index in [2.05, 4.69) is 20.8 Å². The van der Waals surface area contributed by atoms with Gasteiger partial charge < -0.3 is 9.64 Å². The number of piperidine rings is 1. The van der Waals surface area contributed by atoms with E-state index in [1.165, 1.54) is 5.56 Å². The average Bonchev–Trinajstić information content (AvgIpc) is 3.24. The maximum Gasteiger partial charge on any atom is 0.309 e. The lowest BCUT2D eigenvalue weighted by atomic mass is 9.93. The third-order valence-electron chi connectivity index (χ3n) is 6.16. The number of carbonyl (C=O) groups is 2. The Labute approximate surface area is 194 Å². The average molecular weight is 449 g/mol. The van der Waals surface area contributed by atoms with Gasteiger partial charge in [-0.1, -0.05) is 50.6 Å². The number of hydrogen-bond acceptors (Lipinski definition) is 5. The van der Waals surface area contributed by atoms with Crippen molar-refractivity contribution in [2.45, 2.75) is 52.9 Å². The smallest absolute Gasteiger partial charge is 0.309 e. The van der Waals surface area contributed by atoms with E-state index < -0.39 is 0 Å². The summed E-state index contributed by atoms with van der Waals surface area (Å²) in [5.41, 5.74) is 4.72. The Morgan fingerprint density at radius 3 is 2.36 bits per heavy atom. The zero-order valence-electron chi connectivity index (χ0n) is 20.1. The van der Waals surface area contributed by atoms with E-state index in [0.29, 0.717) is 43.9 Å². The fraction of sp³-hybridized carbons (Fsp3) is 0.462. The van der Waals surface area contributed by atoms with Crippen LogP contribution < -0.4 is 0 Å². The monoisotopic (exact) mass is 448 g/mol. The SMILES string of the molecule is CCOC(=O)C1CCN(C(=O)c2cc(-c3ccc(C)cc3)nc3cc(C(C)(C)C)nn23)CC1. The molecule has 2 aromatic heterocycles. The lowest BCUT2D eigenvalue weighted by molar-refractivity contribution is -0.149. The molecule has 1 amide bonds. The number of hydrogen-bond donors (Lipinski definition) is 0. The van der Waals surface area contributed by atoms with Gasteiger partial charge in [-0.15, -0.1) is 0 Å². The third-order valence-corrected chi connectivity index (χ3v) is 6.16. The van der Waals surface area contributed by atoms with Crippen molar-refractivity contribution in [3.05, 3.63) is 53.3 Å². The van der Waals surface area contributed by atoms with Crippen LogP contribution in [0.25, 0.3) is 16.9 Å². The minimum atomic E-state index is -0.171. The molecule has 1 fully saturated rings. The highest BCUT2D eigenvalue weighted by Gasteiger charge is 2.30. The van der Waals surface area contributed by atoms with E-state index in [1.807, 2.05) is 55.1 Å². The van der Waals surface area contributed by atoms with Crippen molar-refractivity contribution in [2.24, 2.45) is 5.92 Å². The zero-order valence-corrected chi connectivity index (χ0v) is 20.1. The van der Waals surface area contributed by atoms with Gasteiger partial charge in [-0.2, -0.15) is 5.10 Å². The maximum atomic E-state index is 13.6. The fourth-order valence-electron chi connectivity index (χ4n) is 4.11. The number of nitrogens with zero attached hydrogens (tertiary/aromatic N) is 4. The van der Waals surface area contributed by atoms with Gasteiger partial charge in [0, 0.05) is 30.1 Å². The van der Waals surface area contributed by atoms with Crippen LogP contribution in [0.4, 0.5) is 0 Å². The molecule has 3 heterocycles. The summed E-state index contributed by atoms with van der Waals surface area (Å²) in [7, 11) is 0. The molecular weight excluding hydrogens is 416 g/mol.